The maximum atomic E-state index is 12.6. The Labute approximate surface area is 164 Å². The Bertz CT molecular complexity index is 892. The first kappa shape index (κ1) is 20.9. The summed E-state index contributed by atoms with van der Waals surface area (Å²) in [5.41, 5.74) is 1.49. The first-order chi connectivity index (χ1) is 12.3. The van der Waals surface area contributed by atoms with Gasteiger partial charge in [-0.2, -0.15) is 0 Å². The van der Waals surface area contributed by atoms with Crippen LogP contribution in [0.3, 0.4) is 0 Å². The normalized spacial score (nSPS) is 12.0. The topological polar surface area (TPSA) is 69.4 Å². The fraction of sp³-hybridized carbons (Fsp3) is 0.381. The maximum Gasteiger partial charge on any atom is 0.343 e. The number of ether oxygens (including phenoxy) is 1. The third kappa shape index (κ3) is 4.86. The molecule has 0 fully saturated rings. The van der Waals surface area contributed by atoms with Gasteiger partial charge in [-0.3, -0.25) is 10.1 Å². The van der Waals surface area contributed by atoms with Crippen molar-refractivity contribution in [1.82, 2.24) is 0 Å². The number of hydrogen-bond acceptors (Lipinski definition) is 4. The van der Waals surface area contributed by atoms with Crippen LogP contribution in [0.25, 0.3) is 0 Å². The molecule has 0 aliphatic carbocycles. The van der Waals surface area contributed by atoms with Crippen LogP contribution in [0.4, 0.5) is 5.69 Å². The summed E-state index contributed by atoms with van der Waals surface area (Å²) >= 11 is 5.81. The maximum absolute atomic E-state index is 12.6. The SMILES string of the molecule is CC(C)(C)c1ccc(OC(=O)c2ccc(Cl)c([N+](=O)[O-])c2)c(C(C)(C)C)c1. The smallest absolute Gasteiger partial charge is 0.343 e. The van der Waals surface area contributed by atoms with E-state index in [2.05, 4.69) is 20.8 Å². The van der Waals surface area contributed by atoms with Gasteiger partial charge in [0.2, 0.25) is 0 Å². The number of benzene rings is 2. The van der Waals surface area contributed by atoms with Crippen molar-refractivity contribution in [3.8, 4) is 5.75 Å². The largest absolute Gasteiger partial charge is 0.423 e. The van der Waals surface area contributed by atoms with Crippen molar-refractivity contribution in [2.24, 2.45) is 0 Å². The molecule has 5 nitrogen and oxygen atoms in total. The Morgan fingerprint density at radius 2 is 1.63 bits per heavy atom. The first-order valence-electron chi connectivity index (χ1n) is 8.62. The van der Waals surface area contributed by atoms with Gasteiger partial charge in [0.05, 0.1) is 10.5 Å². The third-order valence-electron chi connectivity index (χ3n) is 4.23. The molecule has 0 saturated heterocycles. The standard InChI is InChI=1S/C21H24ClNO4/c1-20(2,3)14-8-10-18(15(12-14)21(4,5)6)27-19(24)13-7-9-16(22)17(11-13)23(25)26/h7-12H,1-6H3. The highest BCUT2D eigenvalue weighted by molar-refractivity contribution is 6.32. The summed E-state index contributed by atoms with van der Waals surface area (Å²) in [5.74, 6) is -0.220. The second-order valence-electron chi connectivity index (χ2n) is 8.52. The highest BCUT2D eigenvalue weighted by Crippen LogP contribution is 2.36. The number of halogens is 1. The van der Waals surface area contributed by atoms with Crippen LogP contribution in [0.2, 0.25) is 5.02 Å². The van der Waals surface area contributed by atoms with E-state index in [1.165, 1.54) is 12.1 Å². The molecule has 0 amide bonds. The molecule has 0 aliphatic heterocycles. The van der Waals surface area contributed by atoms with Gasteiger partial charge in [0, 0.05) is 11.6 Å². The zero-order chi connectivity index (χ0) is 20.6. The number of rotatable bonds is 3. The Kier molecular flexibility index (Phi) is 5.66. The molecule has 0 spiro atoms. The van der Waals surface area contributed by atoms with Crippen LogP contribution in [0.5, 0.6) is 5.75 Å². The van der Waals surface area contributed by atoms with Crippen LogP contribution in [0.1, 0.15) is 63.0 Å². The van der Waals surface area contributed by atoms with Gasteiger partial charge in [-0.25, -0.2) is 4.79 Å². The van der Waals surface area contributed by atoms with Gasteiger partial charge in [0.1, 0.15) is 10.8 Å². The molecule has 0 aliphatic rings. The highest BCUT2D eigenvalue weighted by Gasteiger charge is 2.25. The Morgan fingerprint density at radius 3 is 2.15 bits per heavy atom. The molecule has 0 radical (unpaired) electrons. The molecule has 6 heteroatoms. The van der Waals surface area contributed by atoms with Crippen LogP contribution in [-0.4, -0.2) is 10.9 Å². The molecule has 0 N–H and O–H groups in total. The summed E-state index contributed by atoms with van der Waals surface area (Å²) in [4.78, 5) is 23.0. The van der Waals surface area contributed by atoms with E-state index in [9.17, 15) is 14.9 Å². The van der Waals surface area contributed by atoms with Crippen molar-refractivity contribution < 1.29 is 14.5 Å². The van der Waals surface area contributed by atoms with Crippen LogP contribution in [0.15, 0.2) is 36.4 Å². The zero-order valence-corrected chi connectivity index (χ0v) is 17.2. The number of hydrogen-bond donors (Lipinski definition) is 0. The van der Waals surface area contributed by atoms with Gasteiger partial charge in [-0.15, -0.1) is 0 Å². The third-order valence-corrected chi connectivity index (χ3v) is 4.55. The molecule has 2 aromatic carbocycles. The van der Waals surface area contributed by atoms with E-state index in [1.54, 1.807) is 6.07 Å². The van der Waals surface area contributed by atoms with Crippen LogP contribution in [-0.2, 0) is 10.8 Å². The number of nitro groups is 1. The van der Waals surface area contributed by atoms with Crippen molar-refractivity contribution in [3.63, 3.8) is 0 Å². The van der Waals surface area contributed by atoms with E-state index in [0.717, 1.165) is 17.2 Å². The number of esters is 1. The second-order valence-corrected chi connectivity index (χ2v) is 8.93. The first-order valence-corrected chi connectivity index (χ1v) is 8.99. The fourth-order valence-electron chi connectivity index (χ4n) is 2.61. The molecule has 2 aromatic rings. The molecule has 0 bridgehead atoms. The van der Waals surface area contributed by atoms with E-state index in [4.69, 9.17) is 16.3 Å². The van der Waals surface area contributed by atoms with Crippen molar-refractivity contribution in [2.75, 3.05) is 0 Å². The number of carbonyl (C=O) groups excluding carboxylic acids is 1. The molecule has 0 unspecified atom stereocenters. The summed E-state index contributed by atoms with van der Waals surface area (Å²) in [5, 5.41) is 11.0. The van der Waals surface area contributed by atoms with Gasteiger partial charge >= 0.3 is 5.97 Å². The van der Waals surface area contributed by atoms with Crippen molar-refractivity contribution in [3.05, 3.63) is 68.2 Å². The molecular formula is C21H24ClNO4. The summed E-state index contributed by atoms with van der Waals surface area (Å²) in [6, 6.07) is 9.63. The highest BCUT2D eigenvalue weighted by atomic mass is 35.5. The zero-order valence-electron chi connectivity index (χ0n) is 16.4. The van der Waals surface area contributed by atoms with Crippen LogP contribution in [0, 0.1) is 10.1 Å². The molecule has 0 saturated carbocycles. The predicted molar refractivity (Wildman–Crippen MR) is 107 cm³/mol. The number of carbonyl (C=O) groups is 1. The molecule has 0 atom stereocenters. The summed E-state index contributed by atoms with van der Waals surface area (Å²) in [6.07, 6.45) is 0. The Balaban J connectivity index is 2.43. The monoisotopic (exact) mass is 389 g/mol. The van der Waals surface area contributed by atoms with Gasteiger partial charge < -0.3 is 4.74 Å². The van der Waals surface area contributed by atoms with E-state index in [-0.39, 0.29) is 27.1 Å². The second kappa shape index (κ2) is 7.31. The van der Waals surface area contributed by atoms with E-state index in [0.29, 0.717) is 5.75 Å². The molecule has 0 aromatic heterocycles. The van der Waals surface area contributed by atoms with Gasteiger partial charge in [0.25, 0.3) is 5.69 Å². The average Bonchev–Trinajstić information content (AvgIpc) is 2.53. The van der Waals surface area contributed by atoms with Crippen molar-refractivity contribution in [2.45, 2.75) is 52.4 Å². The number of nitrogens with zero attached hydrogens (tertiary/aromatic N) is 1. The lowest BCUT2D eigenvalue weighted by Gasteiger charge is -2.26. The Morgan fingerprint density at radius 1 is 1.00 bits per heavy atom. The van der Waals surface area contributed by atoms with Crippen molar-refractivity contribution >= 4 is 23.3 Å². The molecule has 0 heterocycles. The molecule has 144 valence electrons. The van der Waals surface area contributed by atoms with E-state index in [1.807, 2.05) is 32.9 Å². The number of nitro benzene ring substituents is 1. The Hall–Kier alpha value is -2.40. The molecular weight excluding hydrogens is 366 g/mol. The lowest BCUT2D eigenvalue weighted by Crippen LogP contribution is -2.19. The minimum absolute atomic E-state index is 0.0264. The van der Waals surface area contributed by atoms with E-state index < -0.39 is 10.9 Å². The van der Waals surface area contributed by atoms with Gasteiger partial charge in [-0.05, 0) is 34.6 Å². The lowest BCUT2D eigenvalue weighted by atomic mass is 9.80. The average molecular weight is 390 g/mol. The minimum Gasteiger partial charge on any atom is -0.423 e. The van der Waals surface area contributed by atoms with Crippen LogP contribution < -0.4 is 4.74 Å². The summed E-state index contributed by atoms with van der Waals surface area (Å²) in [7, 11) is 0. The van der Waals surface area contributed by atoms with Gasteiger partial charge in [0.15, 0.2) is 0 Å². The fourth-order valence-corrected chi connectivity index (χ4v) is 2.80. The van der Waals surface area contributed by atoms with Crippen LogP contribution >= 0.6 is 11.6 Å². The van der Waals surface area contributed by atoms with Gasteiger partial charge in [-0.1, -0.05) is 65.3 Å². The lowest BCUT2D eigenvalue weighted by molar-refractivity contribution is -0.384. The molecule has 2 rings (SSSR count). The van der Waals surface area contributed by atoms with Crippen molar-refractivity contribution in [1.29, 1.82) is 0 Å². The molecule has 27 heavy (non-hydrogen) atoms. The summed E-state index contributed by atoms with van der Waals surface area (Å²) < 4.78 is 5.60. The summed E-state index contributed by atoms with van der Waals surface area (Å²) in [6.45, 7) is 12.5. The minimum atomic E-state index is -0.663. The predicted octanol–water partition coefficient (Wildman–Crippen LogP) is 6.06. The quantitative estimate of drug-likeness (QED) is 0.277. The van der Waals surface area contributed by atoms with E-state index >= 15 is 0 Å².